The minimum absolute atomic E-state index is 0.347. The molecule has 0 bridgehead atoms. The molecule has 0 aromatic carbocycles. The summed E-state index contributed by atoms with van der Waals surface area (Å²) in [5.41, 5.74) is 0.751. The largest absolute Gasteiger partial charge is 0.477 e. The average molecular weight is 309 g/mol. The highest BCUT2D eigenvalue weighted by Gasteiger charge is 2.20. The third-order valence-electron chi connectivity index (χ3n) is 3.50. The predicted octanol–water partition coefficient (Wildman–Crippen LogP) is 2.86. The van der Waals surface area contributed by atoms with E-state index >= 15 is 0 Å². The molecule has 106 valence electrons. The number of hydrogen-bond acceptors (Lipinski definition) is 6. The Morgan fingerprint density at radius 1 is 1.55 bits per heavy atom. The van der Waals surface area contributed by atoms with Gasteiger partial charge >= 0.3 is 5.97 Å². The maximum atomic E-state index is 11.2. The average Bonchev–Trinajstić information content (AvgIpc) is 3.05. The lowest BCUT2D eigenvalue weighted by molar-refractivity contribution is 0.0701. The van der Waals surface area contributed by atoms with Crippen molar-refractivity contribution in [3.63, 3.8) is 0 Å². The van der Waals surface area contributed by atoms with Crippen LogP contribution in [0.5, 0.6) is 0 Å². The summed E-state index contributed by atoms with van der Waals surface area (Å²) in [7, 11) is 0. The van der Waals surface area contributed by atoms with Gasteiger partial charge in [0.25, 0.3) is 0 Å². The molecule has 0 spiro atoms. The maximum absolute atomic E-state index is 11.2. The molecule has 1 aliphatic rings. The number of rotatable bonds is 4. The molecule has 1 fully saturated rings. The summed E-state index contributed by atoms with van der Waals surface area (Å²) < 4.78 is 0. The first-order valence-electron chi connectivity index (χ1n) is 6.46. The third-order valence-corrected chi connectivity index (χ3v) is 5.92. The number of thiophene rings is 1. The Morgan fingerprint density at radius 3 is 3.10 bits per heavy atom. The van der Waals surface area contributed by atoms with Crippen LogP contribution in [-0.4, -0.2) is 39.1 Å². The van der Waals surface area contributed by atoms with Gasteiger partial charge < -0.3 is 10.4 Å². The fourth-order valence-electron chi connectivity index (χ4n) is 2.39. The van der Waals surface area contributed by atoms with Crippen molar-refractivity contribution < 1.29 is 9.90 Å². The van der Waals surface area contributed by atoms with Gasteiger partial charge in [0.15, 0.2) is 0 Å². The normalized spacial score (nSPS) is 18.6. The first-order chi connectivity index (χ1) is 9.66. The fraction of sp³-hybridized carbons (Fsp3) is 0.462. The van der Waals surface area contributed by atoms with Crippen LogP contribution in [0.3, 0.4) is 0 Å². The summed E-state index contributed by atoms with van der Waals surface area (Å²) in [6.45, 7) is 2.71. The molecule has 0 aliphatic carbocycles. The van der Waals surface area contributed by atoms with E-state index in [1.807, 2.05) is 18.7 Å². The van der Waals surface area contributed by atoms with Gasteiger partial charge in [-0.2, -0.15) is 11.8 Å². The second-order valence-corrected chi connectivity index (χ2v) is 7.02. The standard InChI is InChI=1S/C13H15N3O2S2/c1-7-9-11(14-4-8-2-3-19-5-8)15-6-16-12(9)20-10(7)13(17)18/h6,8H,2-5H2,1H3,(H,17,18)(H,14,15,16). The summed E-state index contributed by atoms with van der Waals surface area (Å²) in [6, 6.07) is 0. The minimum atomic E-state index is -0.899. The van der Waals surface area contributed by atoms with Crippen molar-refractivity contribution in [3.8, 4) is 0 Å². The number of nitrogens with zero attached hydrogens (tertiary/aromatic N) is 2. The van der Waals surface area contributed by atoms with E-state index in [1.165, 1.54) is 35.6 Å². The van der Waals surface area contributed by atoms with E-state index in [1.54, 1.807) is 0 Å². The number of anilines is 1. The molecule has 1 saturated heterocycles. The molecule has 5 nitrogen and oxygen atoms in total. The molecule has 2 N–H and O–H groups in total. The minimum Gasteiger partial charge on any atom is -0.477 e. The number of fused-ring (bicyclic) bond motifs is 1. The SMILES string of the molecule is Cc1c(C(=O)O)sc2ncnc(NCC3CCSC3)c12. The van der Waals surface area contributed by atoms with Crippen molar-refractivity contribution in [2.75, 3.05) is 23.4 Å². The van der Waals surface area contributed by atoms with E-state index in [0.717, 1.165) is 28.1 Å². The van der Waals surface area contributed by atoms with Crippen LogP contribution < -0.4 is 5.32 Å². The smallest absolute Gasteiger partial charge is 0.346 e. The second kappa shape index (κ2) is 5.57. The number of carboxylic acids is 1. The van der Waals surface area contributed by atoms with Gasteiger partial charge in [0.1, 0.15) is 21.9 Å². The molecule has 2 aromatic rings. The van der Waals surface area contributed by atoms with E-state index in [0.29, 0.717) is 10.8 Å². The monoisotopic (exact) mass is 309 g/mol. The molecular weight excluding hydrogens is 294 g/mol. The summed E-state index contributed by atoms with van der Waals surface area (Å²) in [4.78, 5) is 20.8. The molecule has 3 rings (SSSR count). The summed E-state index contributed by atoms with van der Waals surface area (Å²) >= 11 is 3.19. The predicted molar refractivity (Wildman–Crippen MR) is 83.0 cm³/mol. The van der Waals surface area contributed by atoms with Gasteiger partial charge in [-0.05, 0) is 36.3 Å². The van der Waals surface area contributed by atoms with Crippen LogP contribution in [0.15, 0.2) is 6.33 Å². The molecule has 1 aliphatic heterocycles. The third kappa shape index (κ3) is 2.47. The van der Waals surface area contributed by atoms with Gasteiger partial charge in [-0.25, -0.2) is 14.8 Å². The topological polar surface area (TPSA) is 75.1 Å². The van der Waals surface area contributed by atoms with Gasteiger partial charge in [0.2, 0.25) is 0 Å². The van der Waals surface area contributed by atoms with Crippen molar-refractivity contribution in [1.29, 1.82) is 0 Å². The van der Waals surface area contributed by atoms with Gasteiger partial charge in [-0.3, -0.25) is 0 Å². The van der Waals surface area contributed by atoms with E-state index in [2.05, 4.69) is 15.3 Å². The molecular formula is C13H15N3O2S2. The van der Waals surface area contributed by atoms with Gasteiger partial charge in [-0.1, -0.05) is 0 Å². The number of aryl methyl sites for hydroxylation is 1. The van der Waals surface area contributed by atoms with Crippen LogP contribution in [0, 0.1) is 12.8 Å². The summed E-state index contributed by atoms with van der Waals surface area (Å²) in [5, 5.41) is 13.4. The highest BCUT2D eigenvalue weighted by Crippen LogP contribution is 2.33. The zero-order valence-corrected chi connectivity index (χ0v) is 12.7. The molecule has 3 heterocycles. The zero-order chi connectivity index (χ0) is 14.1. The van der Waals surface area contributed by atoms with Crippen LogP contribution >= 0.6 is 23.1 Å². The number of thioether (sulfide) groups is 1. The zero-order valence-electron chi connectivity index (χ0n) is 11.0. The lowest BCUT2D eigenvalue weighted by Gasteiger charge is -2.11. The highest BCUT2D eigenvalue weighted by molar-refractivity contribution is 7.99. The van der Waals surface area contributed by atoms with E-state index < -0.39 is 5.97 Å². The van der Waals surface area contributed by atoms with E-state index in [-0.39, 0.29) is 0 Å². The fourth-order valence-corrected chi connectivity index (χ4v) is 4.67. The molecule has 2 aromatic heterocycles. The second-order valence-electron chi connectivity index (χ2n) is 4.87. The van der Waals surface area contributed by atoms with Crippen LogP contribution in [0.4, 0.5) is 5.82 Å². The first kappa shape index (κ1) is 13.6. The van der Waals surface area contributed by atoms with Crippen LogP contribution in [0.1, 0.15) is 21.7 Å². The number of hydrogen-bond donors (Lipinski definition) is 2. The quantitative estimate of drug-likeness (QED) is 0.904. The first-order valence-corrected chi connectivity index (χ1v) is 8.43. The summed E-state index contributed by atoms with van der Waals surface area (Å²) in [5.74, 6) is 2.94. The molecule has 1 atom stereocenters. The van der Waals surface area contributed by atoms with Crippen molar-refractivity contribution in [2.45, 2.75) is 13.3 Å². The van der Waals surface area contributed by atoms with Crippen LogP contribution in [-0.2, 0) is 0 Å². The number of carbonyl (C=O) groups is 1. The van der Waals surface area contributed by atoms with Crippen molar-refractivity contribution in [3.05, 3.63) is 16.8 Å². The van der Waals surface area contributed by atoms with Crippen LogP contribution in [0.25, 0.3) is 10.2 Å². The lowest BCUT2D eigenvalue weighted by Crippen LogP contribution is -2.14. The van der Waals surface area contributed by atoms with Gasteiger partial charge in [0.05, 0.1) is 5.39 Å². The number of aromatic carboxylic acids is 1. The Bertz CT molecular complexity index is 650. The summed E-state index contributed by atoms with van der Waals surface area (Å²) in [6.07, 6.45) is 2.73. The van der Waals surface area contributed by atoms with Gasteiger partial charge in [-0.15, -0.1) is 11.3 Å². The Labute approximate surface area is 124 Å². The van der Waals surface area contributed by atoms with Crippen LogP contribution in [0.2, 0.25) is 0 Å². The molecule has 7 heteroatoms. The maximum Gasteiger partial charge on any atom is 0.346 e. The molecule has 20 heavy (non-hydrogen) atoms. The molecule has 1 unspecified atom stereocenters. The highest BCUT2D eigenvalue weighted by atomic mass is 32.2. The molecule has 0 saturated carbocycles. The number of nitrogens with one attached hydrogen (secondary N) is 1. The van der Waals surface area contributed by atoms with Crippen molar-refractivity contribution in [2.24, 2.45) is 5.92 Å². The Hall–Kier alpha value is -1.34. The van der Waals surface area contributed by atoms with E-state index in [9.17, 15) is 9.90 Å². The number of aromatic nitrogens is 2. The molecule has 0 amide bonds. The number of carboxylic acid groups (broad SMARTS) is 1. The van der Waals surface area contributed by atoms with E-state index in [4.69, 9.17) is 0 Å². The van der Waals surface area contributed by atoms with Gasteiger partial charge in [0, 0.05) is 6.54 Å². The lowest BCUT2D eigenvalue weighted by atomic mass is 10.1. The Balaban J connectivity index is 1.91. The Morgan fingerprint density at radius 2 is 2.40 bits per heavy atom. The Kier molecular flexibility index (Phi) is 3.80. The van der Waals surface area contributed by atoms with Crippen molar-refractivity contribution >= 4 is 45.1 Å². The molecule has 0 radical (unpaired) electrons. The van der Waals surface area contributed by atoms with Crippen molar-refractivity contribution in [1.82, 2.24) is 9.97 Å².